The van der Waals surface area contributed by atoms with Crippen LogP contribution in [0.2, 0.25) is 5.02 Å². The lowest BCUT2D eigenvalue weighted by Gasteiger charge is -2.19. The molecule has 1 aliphatic heterocycles. The lowest BCUT2D eigenvalue weighted by molar-refractivity contribution is -0.136. The van der Waals surface area contributed by atoms with Crippen LogP contribution in [0, 0.1) is 0 Å². The number of para-hydroxylation sites is 1. The summed E-state index contributed by atoms with van der Waals surface area (Å²) in [4.78, 5) is 17.5. The molecule has 0 saturated carbocycles. The fraction of sp³-hybridized carbons (Fsp3) is 0.185. The van der Waals surface area contributed by atoms with Crippen LogP contribution in [0.15, 0.2) is 83.5 Å². The van der Waals surface area contributed by atoms with Gasteiger partial charge in [0.2, 0.25) is 0 Å². The summed E-state index contributed by atoms with van der Waals surface area (Å²) in [6.45, 7) is 6.87. The Morgan fingerprint density at radius 3 is 2.34 bits per heavy atom. The molecule has 0 radical (unpaired) electrons. The minimum atomic E-state index is -0.479. The van der Waals surface area contributed by atoms with E-state index in [2.05, 4.69) is 38.1 Å². The number of ether oxygens (including phenoxy) is 1. The van der Waals surface area contributed by atoms with Gasteiger partial charge in [0.15, 0.2) is 0 Å². The van der Waals surface area contributed by atoms with Crippen LogP contribution >= 0.6 is 11.6 Å². The van der Waals surface area contributed by atoms with Gasteiger partial charge in [0.25, 0.3) is 0 Å². The van der Waals surface area contributed by atoms with Gasteiger partial charge >= 0.3 is 5.97 Å². The third kappa shape index (κ3) is 4.92. The number of hydrogen-bond acceptors (Lipinski definition) is 4. The van der Waals surface area contributed by atoms with Crippen molar-refractivity contribution in [3.63, 3.8) is 0 Å². The second-order valence-electron chi connectivity index (χ2n) is 8.66. The molecule has 0 amide bonds. The topological polar surface area (TPSA) is 47.9 Å². The zero-order chi connectivity index (χ0) is 22.7. The molecule has 0 fully saturated rings. The number of carbonyl (C=O) groups is 1. The minimum Gasteiger partial charge on any atom is -0.488 e. The highest BCUT2D eigenvalue weighted by molar-refractivity contribution is 6.31. The van der Waals surface area contributed by atoms with Crippen molar-refractivity contribution in [2.75, 3.05) is 0 Å². The van der Waals surface area contributed by atoms with Crippen LogP contribution in [-0.2, 0) is 21.7 Å². The van der Waals surface area contributed by atoms with Gasteiger partial charge in [-0.05, 0) is 40.8 Å². The van der Waals surface area contributed by atoms with Crippen molar-refractivity contribution in [1.29, 1.82) is 0 Å². The van der Waals surface area contributed by atoms with E-state index in [1.807, 2.05) is 60.7 Å². The van der Waals surface area contributed by atoms with Gasteiger partial charge in [-0.1, -0.05) is 92.1 Å². The van der Waals surface area contributed by atoms with E-state index in [9.17, 15) is 4.79 Å². The molecule has 3 aromatic rings. The summed E-state index contributed by atoms with van der Waals surface area (Å²) < 4.78 is 6.02. The summed E-state index contributed by atoms with van der Waals surface area (Å²) in [5.74, 6) is 0.185. The summed E-state index contributed by atoms with van der Waals surface area (Å²) in [6.07, 6.45) is 1.77. The van der Waals surface area contributed by atoms with Crippen LogP contribution in [-0.4, -0.2) is 11.7 Å². The molecular formula is C27H24ClNO3. The molecule has 1 aliphatic rings. The smallest absolute Gasteiger partial charge is 0.368 e. The van der Waals surface area contributed by atoms with Gasteiger partial charge in [-0.3, -0.25) is 0 Å². The lowest BCUT2D eigenvalue weighted by Crippen LogP contribution is -2.12. The Balaban J connectivity index is 1.60. The number of oxime groups is 1. The average molecular weight is 446 g/mol. The summed E-state index contributed by atoms with van der Waals surface area (Å²) >= 11 is 5.95. The number of benzene rings is 3. The van der Waals surface area contributed by atoms with Crippen molar-refractivity contribution >= 4 is 29.4 Å². The third-order valence-corrected chi connectivity index (χ3v) is 5.50. The van der Waals surface area contributed by atoms with Crippen molar-refractivity contribution in [1.82, 2.24) is 0 Å². The lowest BCUT2D eigenvalue weighted by atomic mass is 9.86. The second-order valence-corrected chi connectivity index (χ2v) is 9.09. The number of halogens is 1. The Morgan fingerprint density at radius 1 is 0.969 bits per heavy atom. The molecule has 3 aromatic carbocycles. The maximum Gasteiger partial charge on any atom is 0.368 e. The monoisotopic (exact) mass is 445 g/mol. The van der Waals surface area contributed by atoms with Gasteiger partial charge in [-0.25, -0.2) is 4.79 Å². The number of nitrogens with zero attached hydrogens (tertiary/aromatic N) is 1. The third-order valence-electron chi connectivity index (χ3n) is 5.25. The quantitative estimate of drug-likeness (QED) is 0.330. The molecule has 0 aromatic heterocycles. The first kappa shape index (κ1) is 21.8. The van der Waals surface area contributed by atoms with Crippen LogP contribution in [0.25, 0.3) is 6.08 Å². The molecule has 1 heterocycles. The molecular weight excluding hydrogens is 422 g/mol. The highest BCUT2D eigenvalue weighted by Crippen LogP contribution is 2.28. The van der Waals surface area contributed by atoms with Crippen LogP contribution in [0.4, 0.5) is 0 Å². The Kier molecular flexibility index (Phi) is 6.15. The number of rotatable bonds is 5. The minimum absolute atomic E-state index is 0.0430. The summed E-state index contributed by atoms with van der Waals surface area (Å²) in [5, 5.41) is 4.71. The maximum atomic E-state index is 12.5. The highest BCUT2D eigenvalue weighted by atomic mass is 35.5. The summed E-state index contributed by atoms with van der Waals surface area (Å²) in [5.41, 5.74) is 4.77. The first-order valence-corrected chi connectivity index (χ1v) is 10.8. The van der Waals surface area contributed by atoms with Gasteiger partial charge in [-0.15, -0.1) is 0 Å². The van der Waals surface area contributed by atoms with Crippen LogP contribution < -0.4 is 4.74 Å². The van der Waals surface area contributed by atoms with Crippen LogP contribution in [0.5, 0.6) is 5.75 Å². The van der Waals surface area contributed by atoms with E-state index in [1.54, 1.807) is 6.08 Å². The molecule has 32 heavy (non-hydrogen) atoms. The van der Waals surface area contributed by atoms with E-state index >= 15 is 0 Å². The largest absolute Gasteiger partial charge is 0.488 e. The fourth-order valence-electron chi connectivity index (χ4n) is 3.37. The van der Waals surface area contributed by atoms with Crippen molar-refractivity contribution in [3.8, 4) is 5.75 Å². The first-order chi connectivity index (χ1) is 15.3. The Bertz CT molecular complexity index is 1190. The van der Waals surface area contributed by atoms with Gasteiger partial charge in [0.05, 0.1) is 5.57 Å². The van der Waals surface area contributed by atoms with Crippen LogP contribution in [0.1, 0.15) is 43.0 Å². The SMILES string of the molecule is CC(C)(C)c1ccc(C2=NOC(=O)/C2=C/c2ccccc2OCc2ccc(Cl)cc2)cc1. The molecule has 0 saturated heterocycles. The number of carbonyl (C=O) groups excluding carboxylic acids is 1. The van der Waals surface area contributed by atoms with Crippen LogP contribution in [0.3, 0.4) is 0 Å². The van der Waals surface area contributed by atoms with Crippen molar-refractivity contribution < 1.29 is 14.4 Å². The molecule has 4 nitrogen and oxygen atoms in total. The predicted octanol–water partition coefficient (Wildman–Crippen LogP) is 6.56. The van der Waals surface area contributed by atoms with Gasteiger partial charge < -0.3 is 9.57 Å². The van der Waals surface area contributed by atoms with E-state index in [0.717, 1.165) is 16.7 Å². The number of hydrogen-bond donors (Lipinski definition) is 0. The molecule has 0 spiro atoms. The normalized spacial score (nSPS) is 14.9. The molecule has 5 heteroatoms. The molecule has 0 bridgehead atoms. The van der Waals surface area contributed by atoms with E-state index in [4.69, 9.17) is 21.2 Å². The maximum absolute atomic E-state index is 12.5. The molecule has 0 N–H and O–H groups in total. The highest BCUT2D eigenvalue weighted by Gasteiger charge is 2.27. The first-order valence-electron chi connectivity index (χ1n) is 10.4. The zero-order valence-corrected chi connectivity index (χ0v) is 19.0. The van der Waals surface area contributed by atoms with E-state index in [0.29, 0.717) is 28.7 Å². The van der Waals surface area contributed by atoms with E-state index in [1.165, 1.54) is 5.56 Å². The summed E-state index contributed by atoms with van der Waals surface area (Å²) in [7, 11) is 0. The fourth-order valence-corrected chi connectivity index (χ4v) is 3.50. The molecule has 0 aliphatic carbocycles. The Labute approximate surface area is 193 Å². The Morgan fingerprint density at radius 2 is 1.66 bits per heavy atom. The predicted molar refractivity (Wildman–Crippen MR) is 128 cm³/mol. The molecule has 162 valence electrons. The summed E-state index contributed by atoms with van der Waals surface area (Å²) in [6, 6.07) is 23.1. The Hall–Kier alpha value is -3.37. The standard InChI is InChI=1S/C27H24ClNO3/c1-27(2,3)21-12-10-19(11-13-21)25-23(26(30)32-29-25)16-20-6-4-5-7-24(20)31-17-18-8-14-22(28)15-9-18/h4-16H,17H2,1-3H3/b23-16+. The van der Waals surface area contributed by atoms with Gasteiger partial charge in [0.1, 0.15) is 18.1 Å². The molecule has 0 unspecified atom stereocenters. The zero-order valence-electron chi connectivity index (χ0n) is 18.3. The van der Waals surface area contributed by atoms with E-state index < -0.39 is 5.97 Å². The molecule has 4 rings (SSSR count). The van der Waals surface area contributed by atoms with E-state index in [-0.39, 0.29) is 5.41 Å². The van der Waals surface area contributed by atoms with Crippen molar-refractivity contribution in [2.45, 2.75) is 32.8 Å². The van der Waals surface area contributed by atoms with Crippen molar-refractivity contribution in [2.24, 2.45) is 5.16 Å². The molecule has 0 atom stereocenters. The second kappa shape index (κ2) is 9.01. The average Bonchev–Trinajstić information content (AvgIpc) is 3.14. The van der Waals surface area contributed by atoms with Gasteiger partial charge in [-0.2, -0.15) is 0 Å². The van der Waals surface area contributed by atoms with Crippen molar-refractivity contribution in [3.05, 3.63) is 106 Å². The van der Waals surface area contributed by atoms with Gasteiger partial charge in [0, 0.05) is 16.1 Å².